The highest BCUT2D eigenvalue weighted by atomic mass is 35.5. The maximum absolute atomic E-state index is 13.8. The standard InChI is InChI=1S/C33H43ClN6O2/c1-3-40(32(42)36(2)31-11-10-29(22-30(31)34)39-18-12-26(23-35)13-19-39)33(25-41)14-20-37(21-15-33)24-27-6-8-28(9-7-27)38-16-4-5-17-38/h6-11,22,25-26H,3-5,12-21,24H2,1-2H3. The number of carbonyl (C=O) groups excluding carboxylic acids is 2. The van der Waals surface area contributed by atoms with Crippen LogP contribution in [0.4, 0.5) is 21.9 Å². The molecular formula is C33H43ClN6O2. The summed E-state index contributed by atoms with van der Waals surface area (Å²) in [4.78, 5) is 36.8. The molecule has 0 N–H and O–H groups in total. The molecule has 3 aliphatic heterocycles. The van der Waals surface area contributed by atoms with Gasteiger partial charge in [0.05, 0.1) is 16.8 Å². The van der Waals surface area contributed by atoms with E-state index in [-0.39, 0.29) is 11.9 Å². The zero-order valence-corrected chi connectivity index (χ0v) is 25.7. The Kier molecular flexibility index (Phi) is 9.60. The Morgan fingerprint density at radius 2 is 1.62 bits per heavy atom. The topological polar surface area (TPSA) is 74.1 Å². The summed E-state index contributed by atoms with van der Waals surface area (Å²) in [7, 11) is 1.73. The minimum Gasteiger partial charge on any atom is -0.372 e. The van der Waals surface area contributed by atoms with Gasteiger partial charge in [0.1, 0.15) is 11.8 Å². The number of amides is 2. The molecule has 8 nitrogen and oxygen atoms in total. The Hall–Kier alpha value is -3.28. The van der Waals surface area contributed by atoms with E-state index in [1.165, 1.54) is 24.1 Å². The minimum atomic E-state index is -0.840. The summed E-state index contributed by atoms with van der Waals surface area (Å²) < 4.78 is 0. The minimum absolute atomic E-state index is 0.114. The van der Waals surface area contributed by atoms with Crippen molar-refractivity contribution < 1.29 is 9.59 Å². The number of benzene rings is 2. The maximum atomic E-state index is 13.8. The van der Waals surface area contributed by atoms with Crippen LogP contribution < -0.4 is 14.7 Å². The number of rotatable bonds is 8. The lowest BCUT2D eigenvalue weighted by Gasteiger charge is -2.46. The first-order valence-corrected chi connectivity index (χ1v) is 15.8. The van der Waals surface area contributed by atoms with E-state index in [2.05, 4.69) is 45.0 Å². The number of hydrogen-bond acceptors (Lipinski definition) is 6. The van der Waals surface area contributed by atoms with E-state index in [4.69, 9.17) is 11.6 Å². The number of likely N-dealkylation sites (N-methyl/N-ethyl adjacent to an activating group) is 1. The first kappa shape index (κ1) is 30.2. The van der Waals surface area contributed by atoms with Gasteiger partial charge < -0.3 is 19.5 Å². The van der Waals surface area contributed by atoms with Gasteiger partial charge in [-0.05, 0) is 81.3 Å². The van der Waals surface area contributed by atoms with E-state index in [0.717, 1.165) is 70.6 Å². The van der Waals surface area contributed by atoms with Crippen LogP contribution in [0.5, 0.6) is 0 Å². The quantitative estimate of drug-likeness (QED) is 0.362. The van der Waals surface area contributed by atoms with E-state index in [0.29, 0.717) is 30.1 Å². The molecule has 0 unspecified atom stereocenters. The first-order chi connectivity index (χ1) is 20.4. The summed E-state index contributed by atoms with van der Waals surface area (Å²) in [6.07, 6.45) is 6.41. The number of likely N-dealkylation sites (tertiary alicyclic amines) is 1. The number of urea groups is 1. The van der Waals surface area contributed by atoms with Crippen LogP contribution in [0.15, 0.2) is 42.5 Å². The molecule has 0 aliphatic carbocycles. The van der Waals surface area contributed by atoms with Gasteiger partial charge in [0, 0.05) is 76.7 Å². The van der Waals surface area contributed by atoms with Crippen LogP contribution in [0.25, 0.3) is 0 Å². The van der Waals surface area contributed by atoms with Gasteiger partial charge in [-0.2, -0.15) is 5.26 Å². The zero-order chi connectivity index (χ0) is 29.7. The predicted molar refractivity (Wildman–Crippen MR) is 169 cm³/mol. The van der Waals surface area contributed by atoms with Crippen molar-refractivity contribution in [2.45, 2.75) is 57.5 Å². The lowest BCUT2D eigenvalue weighted by molar-refractivity contribution is -0.119. The van der Waals surface area contributed by atoms with Gasteiger partial charge in [0.15, 0.2) is 0 Å². The molecule has 3 aliphatic rings. The van der Waals surface area contributed by atoms with Crippen LogP contribution in [-0.2, 0) is 11.3 Å². The fourth-order valence-corrected chi connectivity index (χ4v) is 7.05. The lowest BCUT2D eigenvalue weighted by Crippen LogP contribution is -2.60. The molecule has 224 valence electrons. The average molecular weight is 591 g/mol. The number of aldehydes is 1. The number of nitriles is 1. The van der Waals surface area contributed by atoms with Crippen molar-refractivity contribution >= 4 is 41.0 Å². The largest absolute Gasteiger partial charge is 0.372 e. The highest BCUT2D eigenvalue weighted by molar-refractivity contribution is 6.34. The van der Waals surface area contributed by atoms with Crippen molar-refractivity contribution in [2.24, 2.45) is 5.92 Å². The predicted octanol–water partition coefficient (Wildman–Crippen LogP) is 5.79. The molecule has 42 heavy (non-hydrogen) atoms. The second-order valence-electron chi connectivity index (χ2n) is 12.0. The Bertz CT molecular complexity index is 1270. The third-order valence-electron chi connectivity index (χ3n) is 9.46. The number of carbonyl (C=O) groups is 2. The summed E-state index contributed by atoms with van der Waals surface area (Å²) >= 11 is 6.72. The van der Waals surface area contributed by atoms with Gasteiger partial charge in [0.25, 0.3) is 0 Å². The lowest BCUT2D eigenvalue weighted by atomic mass is 9.87. The summed E-state index contributed by atoms with van der Waals surface area (Å²) in [6.45, 7) is 8.61. The molecule has 9 heteroatoms. The van der Waals surface area contributed by atoms with Gasteiger partial charge in [-0.3, -0.25) is 9.80 Å². The molecule has 0 radical (unpaired) electrons. The van der Waals surface area contributed by atoms with Gasteiger partial charge in [0.2, 0.25) is 0 Å². The number of nitrogens with zero attached hydrogens (tertiary/aromatic N) is 6. The van der Waals surface area contributed by atoms with Crippen LogP contribution in [-0.4, -0.2) is 80.5 Å². The normalized spacial score (nSPS) is 19.4. The molecule has 0 spiro atoms. The molecule has 0 atom stereocenters. The van der Waals surface area contributed by atoms with Crippen molar-refractivity contribution in [3.05, 3.63) is 53.1 Å². The van der Waals surface area contributed by atoms with Crippen LogP contribution in [0.1, 0.15) is 51.0 Å². The van der Waals surface area contributed by atoms with Crippen molar-refractivity contribution in [3.63, 3.8) is 0 Å². The summed E-state index contributed by atoms with van der Waals surface area (Å²) in [6, 6.07) is 16.8. The van der Waals surface area contributed by atoms with E-state index >= 15 is 0 Å². The smallest absolute Gasteiger partial charge is 0.325 e. The molecule has 0 bridgehead atoms. The summed E-state index contributed by atoms with van der Waals surface area (Å²) in [5.41, 5.74) is 3.34. The van der Waals surface area contributed by atoms with Crippen molar-refractivity contribution in [2.75, 3.05) is 67.6 Å². The van der Waals surface area contributed by atoms with Gasteiger partial charge in [-0.25, -0.2) is 4.79 Å². The van der Waals surface area contributed by atoms with Crippen LogP contribution >= 0.6 is 11.6 Å². The van der Waals surface area contributed by atoms with E-state index in [1.807, 2.05) is 25.1 Å². The number of piperidine rings is 2. The Labute approximate surface area is 255 Å². The third-order valence-corrected chi connectivity index (χ3v) is 9.76. The van der Waals surface area contributed by atoms with E-state index in [9.17, 15) is 14.9 Å². The van der Waals surface area contributed by atoms with E-state index < -0.39 is 5.54 Å². The van der Waals surface area contributed by atoms with Gasteiger partial charge in [-0.15, -0.1) is 0 Å². The molecule has 3 heterocycles. The average Bonchev–Trinajstić information content (AvgIpc) is 3.57. The number of hydrogen-bond donors (Lipinski definition) is 0. The van der Waals surface area contributed by atoms with Crippen LogP contribution in [0, 0.1) is 17.2 Å². The van der Waals surface area contributed by atoms with Crippen molar-refractivity contribution in [1.29, 1.82) is 5.26 Å². The Morgan fingerprint density at radius 3 is 2.19 bits per heavy atom. The van der Waals surface area contributed by atoms with Crippen molar-refractivity contribution in [1.82, 2.24) is 9.80 Å². The molecule has 2 aromatic carbocycles. The summed E-state index contributed by atoms with van der Waals surface area (Å²) in [5.74, 6) is 0.114. The second kappa shape index (κ2) is 13.4. The molecule has 0 aromatic heterocycles. The zero-order valence-electron chi connectivity index (χ0n) is 25.0. The fourth-order valence-electron chi connectivity index (χ4n) is 6.75. The molecule has 0 saturated carbocycles. The monoisotopic (exact) mass is 590 g/mol. The number of anilines is 3. The highest BCUT2D eigenvalue weighted by Crippen LogP contribution is 2.35. The van der Waals surface area contributed by atoms with Gasteiger partial charge in [-0.1, -0.05) is 23.7 Å². The van der Waals surface area contributed by atoms with Crippen molar-refractivity contribution in [3.8, 4) is 6.07 Å². The SMILES string of the molecule is CCN(C(=O)N(C)c1ccc(N2CCC(C#N)CC2)cc1Cl)C1(C=O)CCN(Cc2ccc(N3CCCC3)cc2)CC1. The molecule has 5 rings (SSSR count). The molecule has 2 aromatic rings. The third kappa shape index (κ3) is 6.38. The fraction of sp³-hybridized carbons (Fsp3) is 0.545. The Balaban J connectivity index is 1.21. The highest BCUT2D eigenvalue weighted by Gasteiger charge is 2.43. The van der Waals surface area contributed by atoms with E-state index in [1.54, 1.807) is 16.8 Å². The molecular weight excluding hydrogens is 548 g/mol. The molecule has 2 amide bonds. The first-order valence-electron chi connectivity index (χ1n) is 15.4. The summed E-state index contributed by atoms with van der Waals surface area (Å²) in [5, 5.41) is 9.69. The van der Waals surface area contributed by atoms with Crippen LogP contribution in [0.3, 0.4) is 0 Å². The van der Waals surface area contributed by atoms with Gasteiger partial charge >= 0.3 is 6.03 Å². The molecule has 3 saturated heterocycles. The number of halogens is 1. The maximum Gasteiger partial charge on any atom is 0.325 e. The molecule has 3 fully saturated rings. The second-order valence-corrected chi connectivity index (χ2v) is 12.4. The Morgan fingerprint density at radius 1 is 1.00 bits per heavy atom. The van der Waals surface area contributed by atoms with Crippen LogP contribution in [0.2, 0.25) is 5.02 Å².